The smallest absolute Gasteiger partial charge is 0.129 e. The van der Waals surface area contributed by atoms with Crippen molar-refractivity contribution in [2.24, 2.45) is 0 Å². The van der Waals surface area contributed by atoms with Crippen LogP contribution in [-0.4, -0.2) is 11.0 Å². The molecule has 20 heavy (non-hydrogen) atoms. The van der Waals surface area contributed by atoms with Gasteiger partial charge >= 0.3 is 0 Å². The fraction of sp³-hybridized carbons (Fsp3) is 0.312. The fourth-order valence-electron chi connectivity index (χ4n) is 1.77. The molecular formula is C16H19FN2O. The first-order valence-electron chi connectivity index (χ1n) is 6.69. The molecule has 0 amide bonds. The molecule has 0 aliphatic rings. The molecule has 4 heteroatoms. The number of ether oxygens (including phenoxy) is 1. The van der Waals surface area contributed by atoms with Crippen molar-refractivity contribution in [1.82, 2.24) is 10.3 Å². The van der Waals surface area contributed by atoms with Crippen LogP contribution in [0, 0.1) is 5.82 Å². The number of nitrogens with zero attached hydrogens (tertiary/aromatic N) is 1. The molecular weight excluding hydrogens is 255 g/mol. The number of rotatable bonds is 6. The molecule has 0 aliphatic heterocycles. The first kappa shape index (κ1) is 14.5. The van der Waals surface area contributed by atoms with Gasteiger partial charge in [0.05, 0.1) is 0 Å². The highest BCUT2D eigenvalue weighted by Gasteiger charge is 2.06. The molecule has 1 aromatic heterocycles. The number of halogens is 1. The van der Waals surface area contributed by atoms with E-state index >= 15 is 0 Å². The summed E-state index contributed by atoms with van der Waals surface area (Å²) in [5.74, 6) is 0.486. The Morgan fingerprint density at radius 2 is 2.00 bits per heavy atom. The highest BCUT2D eigenvalue weighted by Crippen LogP contribution is 2.19. The van der Waals surface area contributed by atoms with Crippen LogP contribution in [0.3, 0.4) is 0 Å². The van der Waals surface area contributed by atoms with Crippen LogP contribution in [-0.2, 0) is 13.2 Å². The average Bonchev–Trinajstić information content (AvgIpc) is 2.45. The second-order valence-corrected chi connectivity index (χ2v) is 4.90. The first-order chi connectivity index (χ1) is 9.66. The van der Waals surface area contributed by atoms with Crippen molar-refractivity contribution < 1.29 is 9.13 Å². The molecule has 1 heterocycles. The Hall–Kier alpha value is -1.94. The van der Waals surface area contributed by atoms with Crippen molar-refractivity contribution in [1.29, 1.82) is 0 Å². The maximum Gasteiger partial charge on any atom is 0.129 e. The van der Waals surface area contributed by atoms with Crippen molar-refractivity contribution in [3.63, 3.8) is 0 Å². The lowest BCUT2D eigenvalue weighted by atomic mass is 10.2. The Labute approximate surface area is 118 Å². The Morgan fingerprint density at radius 3 is 2.75 bits per heavy atom. The van der Waals surface area contributed by atoms with Crippen molar-refractivity contribution in [3.05, 3.63) is 59.7 Å². The number of hydrogen-bond acceptors (Lipinski definition) is 3. The molecule has 2 aromatic rings. The lowest BCUT2D eigenvalue weighted by molar-refractivity contribution is 0.295. The largest absolute Gasteiger partial charge is 0.488 e. The van der Waals surface area contributed by atoms with Gasteiger partial charge in [0.1, 0.15) is 18.2 Å². The molecule has 1 N–H and O–H groups in total. The zero-order valence-corrected chi connectivity index (χ0v) is 11.8. The Morgan fingerprint density at radius 1 is 1.20 bits per heavy atom. The molecule has 0 bridgehead atoms. The van der Waals surface area contributed by atoms with Gasteiger partial charge < -0.3 is 10.1 Å². The lowest BCUT2D eigenvalue weighted by Crippen LogP contribution is -2.22. The van der Waals surface area contributed by atoms with Crippen molar-refractivity contribution >= 4 is 0 Å². The summed E-state index contributed by atoms with van der Waals surface area (Å²) >= 11 is 0. The molecule has 3 nitrogen and oxygen atoms in total. The van der Waals surface area contributed by atoms with Gasteiger partial charge in [0, 0.05) is 36.1 Å². The van der Waals surface area contributed by atoms with E-state index in [1.54, 1.807) is 36.7 Å². The van der Waals surface area contributed by atoms with Crippen LogP contribution in [0.25, 0.3) is 0 Å². The highest BCUT2D eigenvalue weighted by atomic mass is 19.1. The maximum absolute atomic E-state index is 13.5. The summed E-state index contributed by atoms with van der Waals surface area (Å²) in [5.41, 5.74) is 1.52. The molecule has 0 aliphatic carbocycles. The summed E-state index contributed by atoms with van der Waals surface area (Å²) in [7, 11) is 0. The third-order valence-electron chi connectivity index (χ3n) is 2.90. The van der Waals surface area contributed by atoms with Gasteiger partial charge in [0.25, 0.3) is 0 Å². The Kier molecular flexibility index (Phi) is 5.07. The molecule has 0 atom stereocenters. The molecule has 0 saturated heterocycles. The van der Waals surface area contributed by atoms with Crippen LogP contribution < -0.4 is 10.1 Å². The van der Waals surface area contributed by atoms with Crippen LogP contribution in [0.4, 0.5) is 4.39 Å². The predicted octanol–water partition coefficient (Wildman–Crippen LogP) is 3.30. The number of pyridine rings is 1. The zero-order valence-electron chi connectivity index (χ0n) is 11.8. The standard InChI is InChI=1S/C16H19FN2O/c1-12(2)19-10-14-9-18-8-7-16(14)20-11-13-5-3-4-6-15(13)17/h3-9,12,19H,10-11H2,1-2H3. The second-order valence-electron chi connectivity index (χ2n) is 4.90. The van der Waals surface area contributed by atoms with Gasteiger partial charge in [-0.05, 0) is 12.1 Å². The van der Waals surface area contributed by atoms with E-state index in [1.807, 2.05) is 0 Å². The summed E-state index contributed by atoms with van der Waals surface area (Å²) in [4.78, 5) is 4.10. The van der Waals surface area contributed by atoms with Gasteiger partial charge in [-0.2, -0.15) is 0 Å². The van der Waals surface area contributed by atoms with Crippen molar-refractivity contribution in [2.75, 3.05) is 0 Å². The minimum Gasteiger partial charge on any atom is -0.488 e. The van der Waals surface area contributed by atoms with Gasteiger partial charge in [-0.3, -0.25) is 4.98 Å². The Bertz CT molecular complexity index is 558. The van der Waals surface area contributed by atoms with Crippen LogP contribution >= 0.6 is 0 Å². The fourth-order valence-corrected chi connectivity index (χ4v) is 1.77. The van der Waals surface area contributed by atoms with Gasteiger partial charge in [-0.15, -0.1) is 0 Å². The SMILES string of the molecule is CC(C)NCc1cnccc1OCc1ccccc1F. The quantitative estimate of drug-likeness (QED) is 0.877. The number of aromatic nitrogens is 1. The summed E-state index contributed by atoms with van der Waals surface area (Å²) in [6.45, 7) is 5.05. The van der Waals surface area contributed by atoms with Gasteiger partial charge in [-0.25, -0.2) is 4.39 Å². The maximum atomic E-state index is 13.5. The molecule has 0 radical (unpaired) electrons. The van der Waals surface area contributed by atoms with Crippen LogP contribution in [0.1, 0.15) is 25.0 Å². The first-order valence-corrected chi connectivity index (χ1v) is 6.69. The zero-order chi connectivity index (χ0) is 14.4. The normalized spacial score (nSPS) is 10.8. The van der Waals surface area contributed by atoms with E-state index < -0.39 is 0 Å². The van der Waals surface area contributed by atoms with E-state index in [0.717, 1.165) is 11.3 Å². The van der Waals surface area contributed by atoms with E-state index in [1.165, 1.54) is 6.07 Å². The number of hydrogen-bond donors (Lipinski definition) is 1. The van der Waals surface area contributed by atoms with E-state index in [2.05, 4.69) is 24.1 Å². The molecule has 2 rings (SSSR count). The summed E-state index contributed by atoms with van der Waals surface area (Å²) in [6.07, 6.45) is 3.45. The van der Waals surface area contributed by atoms with E-state index in [9.17, 15) is 4.39 Å². The van der Waals surface area contributed by atoms with Crippen LogP contribution in [0.5, 0.6) is 5.75 Å². The summed E-state index contributed by atoms with van der Waals surface area (Å²) < 4.78 is 19.3. The van der Waals surface area contributed by atoms with Crippen LogP contribution in [0.15, 0.2) is 42.7 Å². The second kappa shape index (κ2) is 7.01. The molecule has 1 aromatic carbocycles. The van der Waals surface area contributed by atoms with Gasteiger partial charge in [0.2, 0.25) is 0 Å². The molecule has 0 spiro atoms. The monoisotopic (exact) mass is 274 g/mol. The van der Waals surface area contributed by atoms with Crippen molar-refractivity contribution in [2.45, 2.75) is 33.0 Å². The van der Waals surface area contributed by atoms with Crippen LogP contribution in [0.2, 0.25) is 0 Å². The number of benzene rings is 1. The van der Waals surface area contributed by atoms with Gasteiger partial charge in [-0.1, -0.05) is 32.0 Å². The topological polar surface area (TPSA) is 34.2 Å². The van der Waals surface area contributed by atoms with E-state index in [0.29, 0.717) is 18.2 Å². The molecule has 0 unspecified atom stereocenters. The van der Waals surface area contributed by atoms with E-state index in [4.69, 9.17) is 4.74 Å². The van der Waals surface area contributed by atoms with Crippen molar-refractivity contribution in [3.8, 4) is 5.75 Å². The third-order valence-corrected chi connectivity index (χ3v) is 2.90. The average molecular weight is 274 g/mol. The predicted molar refractivity (Wildman–Crippen MR) is 76.9 cm³/mol. The molecule has 0 fully saturated rings. The number of nitrogens with one attached hydrogen (secondary N) is 1. The molecule has 106 valence electrons. The molecule has 0 saturated carbocycles. The minimum atomic E-state index is -0.247. The third kappa shape index (κ3) is 4.03. The lowest BCUT2D eigenvalue weighted by Gasteiger charge is -2.13. The van der Waals surface area contributed by atoms with Gasteiger partial charge in [0.15, 0.2) is 0 Å². The highest BCUT2D eigenvalue weighted by molar-refractivity contribution is 5.30. The van der Waals surface area contributed by atoms with E-state index in [-0.39, 0.29) is 12.4 Å². The minimum absolute atomic E-state index is 0.214. The summed E-state index contributed by atoms with van der Waals surface area (Å²) in [6, 6.07) is 8.82. The summed E-state index contributed by atoms with van der Waals surface area (Å²) in [5, 5.41) is 3.32. The Balaban J connectivity index is 2.04.